The van der Waals surface area contributed by atoms with Crippen LogP contribution in [0.3, 0.4) is 0 Å². The monoisotopic (exact) mass is 414 g/mol. The third-order valence-electron chi connectivity index (χ3n) is 4.08. The topological polar surface area (TPSA) is 104 Å². The van der Waals surface area contributed by atoms with Crippen molar-refractivity contribution < 1.29 is 29.6 Å². The lowest BCUT2D eigenvalue weighted by Crippen LogP contribution is -2.18. The Morgan fingerprint density at radius 3 is 1.27 bits per heavy atom. The highest BCUT2D eigenvalue weighted by Crippen LogP contribution is 2.32. The Labute approximate surface area is 177 Å². The quantitative estimate of drug-likeness (QED) is 0.490. The number of aliphatic carboxylic acids is 1. The highest BCUT2D eigenvalue weighted by atomic mass is 16.5. The van der Waals surface area contributed by atoms with Gasteiger partial charge in [-0.2, -0.15) is 0 Å². The van der Waals surface area contributed by atoms with Crippen molar-refractivity contribution in [1.82, 2.24) is 0 Å². The standard InChI is InChI=1S/C15H16O2.C5H8O2.C4H6O2/c1-15(2,11-3-7-13(16)8-4-11)12-5-9-14(17)10-6-12;1-4(2)5(6)7-3;1-3(2)4(5)6/h3-10,16-17H,1-2H3;1H2,2-3H3;1H2,2H3,(H,5,6). The molecule has 0 amide bonds. The van der Waals surface area contributed by atoms with E-state index in [1.54, 1.807) is 31.2 Å². The smallest absolute Gasteiger partial charge is 0.332 e. The number of ether oxygens (including phenoxy) is 1. The third kappa shape index (κ3) is 9.10. The van der Waals surface area contributed by atoms with Crippen LogP contribution in [-0.4, -0.2) is 34.4 Å². The highest BCUT2D eigenvalue weighted by Gasteiger charge is 2.22. The molecule has 2 aromatic carbocycles. The molecular weight excluding hydrogens is 384 g/mol. The number of rotatable bonds is 4. The van der Waals surface area contributed by atoms with E-state index in [-0.39, 0.29) is 28.5 Å². The first-order valence-corrected chi connectivity index (χ1v) is 9.04. The Kier molecular flexibility index (Phi) is 10.7. The Morgan fingerprint density at radius 2 is 1.10 bits per heavy atom. The number of carboxylic acid groups (broad SMARTS) is 1. The van der Waals surface area contributed by atoms with Gasteiger partial charge >= 0.3 is 11.9 Å². The molecule has 0 aliphatic heterocycles. The number of phenols is 2. The van der Waals surface area contributed by atoms with Crippen LogP contribution in [0, 0.1) is 0 Å². The summed E-state index contributed by atoms with van der Waals surface area (Å²) in [7, 11) is 1.33. The minimum absolute atomic E-state index is 0.151. The average Bonchev–Trinajstić information content (AvgIpc) is 2.68. The van der Waals surface area contributed by atoms with Crippen LogP contribution in [-0.2, 0) is 19.7 Å². The van der Waals surface area contributed by atoms with Gasteiger partial charge in [0.1, 0.15) is 11.5 Å². The van der Waals surface area contributed by atoms with Crippen molar-refractivity contribution in [3.63, 3.8) is 0 Å². The highest BCUT2D eigenvalue weighted by molar-refractivity contribution is 5.86. The maximum Gasteiger partial charge on any atom is 0.332 e. The van der Waals surface area contributed by atoms with Crippen molar-refractivity contribution in [3.05, 3.63) is 84.0 Å². The molecule has 3 N–H and O–H groups in total. The summed E-state index contributed by atoms with van der Waals surface area (Å²) in [6.07, 6.45) is 0. The van der Waals surface area contributed by atoms with Crippen molar-refractivity contribution in [2.24, 2.45) is 0 Å². The van der Waals surface area contributed by atoms with Gasteiger partial charge in [-0.15, -0.1) is 0 Å². The van der Waals surface area contributed by atoms with Crippen molar-refractivity contribution in [2.75, 3.05) is 7.11 Å². The van der Waals surface area contributed by atoms with E-state index in [0.717, 1.165) is 11.1 Å². The number of carbonyl (C=O) groups is 2. The van der Waals surface area contributed by atoms with E-state index in [1.165, 1.54) is 14.0 Å². The number of hydrogen-bond acceptors (Lipinski definition) is 5. The number of phenolic OH excluding ortho intramolecular Hbond substituents is 2. The van der Waals surface area contributed by atoms with Gasteiger partial charge in [0.25, 0.3) is 0 Å². The van der Waals surface area contributed by atoms with Crippen LogP contribution < -0.4 is 0 Å². The first kappa shape index (κ1) is 26.5. The SMILES string of the molecule is C=C(C)C(=O)O.C=C(C)C(=O)OC.CC(C)(c1ccc(O)cc1)c1ccc(O)cc1. The molecule has 0 saturated carbocycles. The molecule has 30 heavy (non-hydrogen) atoms. The Bertz CT molecular complexity index is 802. The van der Waals surface area contributed by atoms with Gasteiger partial charge in [0.05, 0.1) is 7.11 Å². The van der Waals surface area contributed by atoms with Crippen molar-refractivity contribution in [3.8, 4) is 11.5 Å². The summed E-state index contributed by atoms with van der Waals surface area (Å²) in [4.78, 5) is 19.8. The predicted molar refractivity (Wildman–Crippen MR) is 118 cm³/mol. The number of carbonyl (C=O) groups excluding carboxylic acids is 1. The summed E-state index contributed by atoms with van der Waals surface area (Å²) in [6, 6.07) is 14.4. The summed E-state index contributed by atoms with van der Waals surface area (Å²) in [5, 5.41) is 26.5. The van der Waals surface area contributed by atoms with Crippen LogP contribution in [0.5, 0.6) is 11.5 Å². The van der Waals surface area contributed by atoms with Crippen LogP contribution in [0.4, 0.5) is 0 Å². The summed E-state index contributed by atoms with van der Waals surface area (Å²) in [6.45, 7) is 13.8. The fourth-order valence-electron chi connectivity index (χ4n) is 2.10. The molecule has 0 aromatic heterocycles. The Morgan fingerprint density at radius 1 is 0.800 bits per heavy atom. The molecule has 0 bridgehead atoms. The molecule has 0 spiro atoms. The van der Waals surface area contributed by atoms with Crippen LogP contribution in [0.1, 0.15) is 38.8 Å². The van der Waals surface area contributed by atoms with Gasteiger partial charge in [-0.05, 0) is 49.2 Å². The molecule has 2 aromatic rings. The van der Waals surface area contributed by atoms with E-state index in [4.69, 9.17) is 5.11 Å². The molecule has 0 heterocycles. The van der Waals surface area contributed by atoms with E-state index in [0.29, 0.717) is 5.57 Å². The van der Waals surface area contributed by atoms with Crippen molar-refractivity contribution in [1.29, 1.82) is 0 Å². The van der Waals surface area contributed by atoms with Gasteiger partial charge < -0.3 is 20.1 Å². The van der Waals surface area contributed by atoms with Crippen LogP contribution in [0.2, 0.25) is 0 Å². The number of esters is 1. The van der Waals surface area contributed by atoms with E-state index in [1.807, 2.05) is 24.3 Å². The van der Waals surface area contributed by atoms with E-state index in [9.17, 15) is 19.8 Å². The molecule has 0 atom stereocenters. The van der Waals surface area contributed by atoms with Crippen LogP contribution in [0.25, 0.3) is 0 Å². The number of aromatic hydroxyl groups is 2. The predicted octanol–water partition coefficient (Wildman–Crippen LogP) is 4.81. The lowest BCUT2D eigenvalue weighted by molar-refractivity contribution is -0.136. The number of benzene rings is 2. The summed E-state index contributed by atoms with van der Waals surface area (Å²) >= 11 is 0. The van der Waals surface area contributed by atoms with E-state index in [2.05, 4.69) is 31.7 Å². The third-order valence-corrected chi connectivity index (χ3v) is 4.08. The molecule has 6 nitrogen and oxygen atoms in total. The zero-order chi connectivity index (χ0) is 23.5. The molecule has 0 aliphatic carbocycles. The Hall–Kier alpha value is -3.54. The van der Waals surface area contributed by atoms with Crippen molar-refractivity contribution >= 4 is 11.9 Å². The van der Waals surface area contributed by atoms with Crippen LogP contribution >= 0.6 is 0 Å². The molecule has 162 valence electrons. The van der Waals surface area contributed by atoms with E-state index >= 15 is 0 Å². The largest absolute Gasteiger partial charge is 0.508 e. The fraction of sp³-hybridized carbons (Fsp3) is 0.250. The van der Waals surface area contributed by atoms with Crippen LogP contribution in [0.15, 0.2) is 72.8 Å². The normalized spacial score (nSPS) is 9.77. The lowest BCUT2D eigenvalue weighted by atomic mass is 9.78. The average molecular weight is 414 g/mol. The maximum atomic E-state index is 10.2. The van der Waals surface area contributed by atoms with Crippen molar-refractivity contribution in [2.45, 2.75) is 33.1 Å². The summed E-state index contributed by atoms with van der Waals surface area (Å²) in [5.41, 5.74) is 2.71. The molecule has 0 aliphatic rings. The summed E-state index contributed by atoms with van der Waals surface area (Å²) in [5.74, 6) is -0.736. The molecule has 6 heteroatoms. The van der Waals surface area contributed by atoms with Gasteiger partial charge in [0.15, 0.2) is 0 Å². The molecule has 0 fully saturated rings. The second kappa shape index (κ2) is 12.1. The lowest BCUT2D eigenvalue weighted by Gasteiger charge is -2.26. The second-order valence-electron chi connectivity index (χ2n) is 7.08. The maximum absolute atomic E-state index is 10.2. The molecular formula is C24H30O6. The molecule has 0 unspecified atom stereocenters. The molecule has 0 saturated heterocycles. The fourth-order valence-corrected chi connectivity index (χ4v) is 2.10. The second-order valence-corrected chi connectivity index (χ2v) is 7.08. The number of hydrogen-bond donors (Lipinski definition) is 3. The number of carboxylic acids is 1. The zero-order valence-electron chi connectivity index (χ0n) is 18.1. The minimum Gasteiger partial charge on any atom is -0.508 e. The summed E-state index contributed by atoms with van der Waals surface area (Å²) < 4.78 is 4.27. The minimum atomic E-state index is -0.935. The first-order valence-electron chi connectivity index (χ1n) is 9.04. The van der Waals surface area contributed by atoms with Gasteiger partial charge in [-0.3, -0.25) is 0 Å². The van der Waals surface area contributed by atoms with Gasteiger partial charge in [0.2, 0.25) is 0 Å². The van der Waals surface area contributed by atoms with Gasteiger partial charge in [0, 0.05) is 16.6 Å². The Balaban J connectivity index is 0.000000538. The zero-order valence-corrected chi connectivity index (χ0v) is 18.1. The van der Waals surface area contributed by atoms with Gasteiger partial charge in [-0.25, -0.2) is 9.59 Å². The molecule has 0 radical (unpaired) electrons. The van der Waals surface area contributed by atoms with Gasteiger partial charge in [-0.1, -0.05) is 51.3 Å². The van der Waals surface area contributed by atoms with E-state index < -0.39 is 5.97 Å². The molecule has 2 rings (SSSR count). The first-order chi connectivity index (χ1) is 13.8. The number of methoxy groups -OCH3 is 1.